The number of carbonyl (C=O) groups excluding carboxylic acids is 1. The van der Waals surface area contributed by atoms with Crippen LogP contribution < -0.4 is 5.73 Å². The molecule has 0 aliphatic heterocycles. The summed E-state index contributed by atoms with van der Waals surface area (Å²) in [5.41, 5.74) is 5.97. The van der Waals surface area contributed by atoms with E-state index in [9.17, 15) is 4.79 Å². The standard InChI is InChI=1S/C16H32N2O2/c1-3-18(15-11-9-14(17)10-12-15)13-7-5-6-8-16(19)20-4-2/h14-15H,3-13,17H2,1-2H3. The van der Waals surface area contributed by atoms with Crippen molar-refractivity contribution in [2.45, 2.75) is 77.3 Å². The third-order valence-corrected chi connectivity index (χ3v) is 4.30. The van der Waals surface area contributed by atoms with Gasteiger partial charge >= 0.3 is 5.97 Å². The molecular formula is C16H32N2O2. The van der Waals surface area contributed by atoms with E-state index in [1.807, 2.05) is 6.92 Å². The molecule has 0 aromatic heterocycles. The molecule has 0 saturated heterocycles. The lowest BCUT2D eigenvalue weighted by Gasteiger charge is -2.35. The van der Waals surface area contributed by atoms with E-state index in [1.54, 1.807) is 0 Å². The van der Waals surface area contributed by atoms with E-state index in [1.165, 1.54) is 32.1 Å². The van der Waals surface area contributed by atoms with Gasteiger partial charge in [0.25, 0.3) is 0 Å². The van der Waals surface area contributed by atoms with Gasteiger partial charge in [-0.25, -0.2) is 0 Å². The monoisotopic (exact) mass is 284 g/mol. The summed E-state index contributed by atoms with van der Waals surface area (Å²) in [4.78, 5) is 13.8. The van der Waals surface area contributed by atoms with E-state index < -0.39 is 0 Å². The van der Waals surface area contributed by atoms with Crippen LogP contribution in [0.4, 0.5) is 0 Å². The molecular weight excluding hydrogens is 252 g/mol. The zero-order chi connectivity index (χ0) is 14.8. The maximum Gasteiger partial charge on any atom is 0.305 e. The van der Waals surface area contributed by atoms with Crippen LogP contribution in [-0.2, 0) is 9.53 Å². The highest BCUT2D eigenvalue weighted by Crippen LogP contribution is 2.22. The van der Waals surface area contributed by atoms with E-state index in [4.69, 9.17) is 10.5 Å². The molecule has 0 aromatic rings. The normalized spacial score (nSPS) is 23.0. The molecule has 1 aliphatic rings. The minimum atomic E-state index is -0.0545. The van der Waals surface area contributed by atoms with Crippen LogP contribution in [0.5, 0.6) is 0 Å². The quantitative estimate of drug-likeness (QED) is 0.522. The van der Waals surface area contributed by atoms with Crippen molar-refractivity contribution in [2.75, 3.05) is 19.7 Å². The number of nitrogens with zero attached hydrogens (tertiary/aromatic N) is 1. The van der Waals surface area contributed by atoms with Crippen LogP contribution in [0.15, 0.2) is 0 Å². The summed E-state index contributed by atoms with van der Waals surface area (Å²) in [6.45, 7) is 6.86. The number of carbonyl (C=O) groups is 1. The molecule has 1 aliphatic carbocycles. The molecule has 0 atom stereocenters. The van der Waals surface area contributed by atoms with Gasteiger partial charge in [-0.15, -0.1) is 0 Å². The first-order valence-corrected chi connectivity index (χ1v) is 8.32. The molecule has 0 amide bonds. The summed E-state index contributed by atoms with van der Waals surface area (Å²) >= 11 is 0. The first-order valence-electron chi connectivity index (χ1n) is 8.32. The van der Waals surface area contributed by atoms with Crippen molar-refractivity contribution >= 4 is 5.97 Å². The number of unbranched alkanes of at least 4 members (excludes halogenated alkanes) is 2. The molecule has 1 rings (SSSR count). The van der Waals surface area contributed by atoms with Crippen molar-refractivity contribution < 1.29 is 9.53 Å². The second-order valence-electron chi connectivity index (χ2n) is 5.81. The Morgan fingerprint density at radius 2 is 1.85 bits per heavy atom. The van der Waals surface area contributed by atoms with Crippen molar-refractivity contribution in [3.05, 3.63) is 0 Å². The van der Waals surface area contributed by atoms with Crippen LogP contribution in [0.2, 0.25) is 0 Å². The van der Waals surface area contributed by atoms with Gasteiger partial charge in [0, 0.05) is 18.5 Å². The first kappa shape index (κ1) is 17.4. The lowest BCUT2D eigenvalue weighted by molar-refractivity contribution is -0.143. The highest BCUT2D eigenvalue weighted by molar-refractivity contribution is 5.69. The Morgan fingerprint density at radius 1 is 1.15 bits per heavy atom. The molecule has 0 heterocycles. The Balaban J connectivity index is 2.10. The molecule has 20 heavy (non-hydrogen) atoms. The SMILES string of the molecule is CCOC(=O)CCCCCN(CC)C1CCC(N)CC1. The molecule has 1 fully saturated rings. The highest BCUT2D eigenvalue weighted by atomic mass is 16.5. The van der Waals surface area contributed by atoms with Crippen LogP contribution >= 0.6 is 0 Å². The lowest BCUT2D eigenvalue weighted by atomic mass is 9.90. The Labute approximate surface area is 124 Å². The Morgan fingerprint density at radius 3 is 2.45 bits per heavy atom. The third-order valence-electron chi connectivity index (χ3n) is 4.30. The van der Waals surface area contributed by atoms with Crippen molar-refractivity contribution in [1.82, 2.24) is 4.90 Å². The predicted octanol–water partition coefficient (Wildman–Crippen LogP) is 2.70. The minimum Gasteiger partial charge on any atom is -0.466 e. The Hall–Kier alpha value is -0.610. The van der Waals surface area contributed by atoms with E-state index in [2.05, 4.69) is 11.8 Å². The second kappa shape index (κ2) is 10.2. The summed E-state index contributed by atoms with van der Waals surface area (Å²) in [7, 11) is 0. The van der Waals surface area contributed by atoms with Gasteiger partial charge in [-0.3, -0.25) is 4.79 Å². The molecule has 0 radical (unpaired) electrons. The summed E-state index contributed by atoms with van der Waals surface area (Å²) in [6.07, 6.45) is 8.64. The smallest absolute Gasteiger partial charge is 0.305 e. The van der Waals surface area contributed by atoms with Crippen molar-refractivity contribution in [1.29, 1.82) is 0 Å². The van der Waals surface area contributed by atoms with E-state index >= 15 is 0 Å². The minimum absolute atomic E-state index is 0.0545. The summed E-state index contributed by atoms with van der Waals surface area (Å²) in [5.74, 6) is -0.0545. The van der Waals surface area contributed by atoms with E-state index in [-0.39, 0.29) is 5.97 Å². The van der Waals surface area contributed by atoms with Crippen molar-refractivity contribution in [2.24, 2.45) is 5.73 Å². The van der Waals surface area contributed by atoms with Crippen molar-refractivity contribution in [3.8, 4) is 0 Å². The summed E-state index contributed by atoms with van der Waals surface area (Å²) < 4.78 is 4.93. The van der Waals surface area contributed by atoms with Gasteiger partial charge in [0.05, 0.1) is 6.61 Å². The fourth-order valence-electron chi connectivity index (χ4n) is 3.06. The fraction of sp³-hybridized carbons (Fsp3) is 0.938. The van der Waals surface area contributed by atoms with Gasteiger partial charge in [-0.1, -0.05) is 13.3 Å². The summed E-state index contributed by atoms with van der Waals surface area (Å²) in [5, 5.41) is 0. The zero-order valence-electron chi connectivity index (χ0n) is 13.3. The fourth-order valence-corrected chi connectivity index (χ4v) is 3.06. The number of ether oxygens (including phenoxy) is 1. The number of esters is 1. The molecule has 0 bridgehead atoms. The van der Waals surface area contributed by atoms with Gasteiger partial charge in [0.2, 0.25) is 0 Å². The van der Waals surface area contributed by atoms with Gasteiger partial charge in [-0.2, -0.15) is 0 Å². The molecule has 4 heteroatoms. The maximum absolute atomic E-state index is 11.2. The Kier molecular flexibility index (Phi) is 8.86. The number of rotatable bonds is 9. The molecule has 118 valence electrons. The largest absolute Gasteiger partial charge is 0.466 e. The molecule has 1 saturated carbocycles. The first-order chi connectivity index (χ1) is 9.67. The Bertz CT molecular complexity index is 263. The van der Waals surface area contributed by atoms with Crippen LogP contribution in [0.1, 0.15) is 65.2 Å². The van der Waals surface area contributed by atoms with Crippen LogP contribution in [0, 0.1) is 0 Å². The maximum atomic E-state index is 11.2. The van der Waals surface area contributed by atoms with E-state index in [0.717, 1.165) is 32.0 Å². The topological polar surface area (TPSA) is 55.6 Å². The van der Waals surface area contributed by atoms with Crippen LogP contribution in [-0.4, -0.2) is 42.6 Å². The molecule has 0 spiro atoms. The van der Waals surface area contributed by atoms with Crippen LogP contribution in [0.25, 0.3) is 0 Å². The summed E-state index contributed by atoms with van der Waals surface area (Å²) in [6, 6.07) is 1.15. The predicted molar refractivity (Wildman–Crippen MR) is 82.6 cm³/mol. The number of hydrogen-bond donors (Lipinski definition) is 1. The average Bonchev–Trinajstić information content (AvgIpc) is 2.44. The highest BCUT2D eigenvalue weighted by Gasteiger charge is 2.22. The molecule has 4 nitrogen and oxygen atoms in total. The average molecular weight is 284 g/mol. The molecule has 2 N–H and O–H groups in total. The second-order valence-corrected chi connectivity index (χ2v) is 5.81. The van der Waals surface area contributed by atoms with Crippen molar-refractivity contribution in [3.63, 3.8) is 0 Å². The third kappa shape index (κ3) is 6.71. The number of hydrogen-bond acceptors (Lipinski definition) is 4. The zero-order valence-corrected chi connectivity index (χ0v) is 13.3. The van der Waals surface area contributed by atoms with E-state index in [0.29, 0.717) is 19.1 Å². The van der Waals surface area contributed by atoms with Gasteiger partial charge in [0.15, 0.2) is 0 Å². The van der Waals surface area contributed by atoms with Gasteiger partial charge in [0.1, 0.15) is 0 Å². The molecule has 0 aromatic carbocycles. The van der Waals surface area contributed by atoms with Crippen LogP contribution in [0.3, 0.4) is 0 Å². The van der Waals surface area contributed by atoms with Gasteiger partial charge in [-0.05, 0) is 58.5 Å². The molecule has 0 unspecified atom stereocenters. The number of nitrogens with two attached hydrogens (primary N) is 1. The lowest BCUT2D eigenvalue weighted by Crippen LogP contribution is -2.41. The van der Waals surface area contributed by atoms with Gasteiger partial charge < -0.3 is 15.4 Å².